The van der Waals surface area contributed by atoms with Crippen molar-refractivity contribution in [3.05, 3.63) is 0 Å². The Morgan fingerprint density at radius 2 is 2.12 bits per heavy atom. The molecule has 8 heavy (non-hydrogen) atoms. The Bertz CT molecular complexity index is 135. The molecule has 0 rings (SSSR count). The van der Waals surface area contributed by atoms with Crippen molar-refractivity contribution in [2.75, 3.05) is 0 Å². The van der Waals surface area contributed by atoms with Crippen LogP contribution in [0.5, 0.6) is 0 Å². The summed E-state index contributed by atoms with van der Waals surface area (Å²) in [7, 11) is 0. The van der Waals surface area contributed by atoms with Gasteiger partial charge in [0, 0.05) is 0 Å². The Morgan fingerprint density at radius 3 is 2.12 bits per heavy atom. The van der Waals surface area contributed by atoms with E-state index in [-0.39, 0.29) is 0 Å². The number of hydrogen-bond donors (Lipinski definition) is 1. The average Bonchev–Trinajstić information content (AvgIpc) is 1.21. The SMILES string of the molecule is C[AsH](=O)O[As](C)(=O)O. The molecule has 0 aliphatic carbocycles. The predicted octanol–water partition coefficient (Wildman–Crippen LogP) is -0.725. The zero-order valence-corrected chi connectivity index (χ0v) is 8.59. The summed E-state index contributed by atoms with van der Waals surface area (Å²) in [5.41, 5.74) is 2.42. The fourth-order valence-electron chi connectivity index (χ4n) is 0.239. The summed E-state index contributed by atoms with van der Waals surface area (Å²) in [6.45, 7) is 0. The van der Waals surface area contributed by atoms with Crippen molar-refractivity contribution in [2.24, 2.45) is 0 Å². The van der Waals surface area contributed by atoms with Crippen LogP contribution in [0.15, 0.2) is 0 Å². The minimum atomic E-state index is -4.00. The molecule has 0 heterocycles. The molecule has 4 nitrogen and oxygen atoms in total. The summed E-state index contributed by atoms with van der Waals surface area (Å²) in [6, 6.07) is 0. The fourth-order valence-corrected chi connectivity index (χ4v) is 6.44. The van der Waals surface area contributed by atoms with E-state index in [1.54, 1.807) is 0 Å². The Balaban J connectivity index is 3.74. The molecule has 0 saturated carbocycles. The molecule has 0 aliphatic heterocycles. The molecule has 6 heteroatoms. The van der Waals surface area contributed by atoms with Crippen molar-refractivity contribution in [3.8, 4) is 0 Å². The molecule has 0 aliphatic rings. The van der Waals surface area contributed by atoms with Crippen molar-refractivity contribution in [3.63, 3.8) is 0 Å². The topological polar surface area (TPSA) is 63.6 Å². The van der Waals surface area contributed by atoms with Gasteiger partial charge in [-0.3, -0.25) is 0 Å². The van der Waals surface area contributed by atoms with Gasteiger partial charge in [0.05, 0.1) is 0 Å². The van der Waals surface area contributed by atoms with Crippen LogP contribution < -0.4 is 0 Å². The van der Waals surface area contributed by atoms with Crippen LogP contribution in [0.4, 0.5) is 0 Å². The summed E-state index contributed by atoms with van der Waals surface area (Å²) in [6.07, 6.45) is 0. The van der Waals surface area contributed by atoms with Crippen molar-refractivity contribution in [2.45, 2.75) is 11.4 Å². The van der Waals surface area contributed by atoms with Crippen molar-refractivity contribution in [1.82, 2.24) is 0 Å². The third kappa shape index (κ3) is 6.64. The molecular weight excluding hydrogens is 238 g/mol. The maximum absolute atomic E-state index is 10.3. The molecule has 1 N–H and O–H groups in total. The second-order valence-corrected chi connectivity index (χ2v) is 9.19. The standard InChI is InChI=1S/C2H8As2O4/c1-3(5)8-4(2,6)7/h3H,1-2H3,(H,6,7). The number of hydrogen-bond acceptors (Lipinski definition) is 3. The van der Waals surface area contributed by atoms with Gasteiger partial charge in [0.1, 0.15) is 0 Å². The van der Waals surface area contributed by atoms with Crippen LogP contribution in [-0.2, 0) is 10.2 Å². The first kappa shape index (κ1) is 8.64. The van der Waals surface area contributed by atoms with E-state index in [0.29, 0.717) is 0 Å². The van der Waals surface area contributed by atoms with E-state index < -0.39 is 29.1 Å². The first-order valence-corrected chi connectivity index (χ1v) is 9.98. The predicted molar refractivity (Wildman–Crippen MR) is 29.3 cm³/mol. The molecule has 0 bridgehead atoms. The molecule has 0 aromatic heterocycles. The molecule has 0 fully saturated rings. The van der Waals surface area contributed by atoms with Crippen LogP contribution >= 0.6 is 0 Å². The molecule has 0 radical (unpaired) electrons. The maximum atomic E-state index is 10.3. The van der Waals surface area contributed by atoms with Crippen LogP contribution in [0.1, 0.15) is 0 Å². The Hall–Kier alpha value is 0.637. The zero-order chi connectivity index (χ0) is 6.78. The van der Waals surface area contributed by atoms with Gasteiger partial charge in [-0.1, -0.05) is 0 Å². The van der Waals surface area contributed by atoms with Gasteiger partial charge in [0.2, 0.25) is 0 Å². The third-order valence-electron chi connectivity index (χ3n) is 0.298. The summed E-state index contributed by atoms with van der Waals surface area (Å²) in [4.78, 5) is 0. The summed E-state index contributed by atoms with van der Waals surface area (Å²) in [5, 5.41) is 0. The van der Waals surface area contributed by atoms with Crippen molar-refractivity contribution >= 4 is 29.1 Å². The van der Waals surface area contributed by atoms with E-state index in [0.717, 1.165) is 5.71 Å². The molecular formula is C2H8As2O4. The molecule has 0 amide bonds. The van der Waals surface area contributed by atoms with Gasteiger partial charge in [-0.05, 0) is 0 Å². The molecule has 2 unspecified atom stereocenters. The first-order chi connectivity index (χ1) is 3.42. The minimum absolute atomic E-state index is 1.08. The molecule has 2 atom stereocenters. The summed E-state index contributed by atoms with van der Waals surface area (Å²) < 4.78 is 33.1. The second kappa shape index (κ2) is 2.97. The fraction of sp³-hybridized carbons (Fsp3) is 1.00. The average molecular weight is 246 g/mol. The Morgan fingerprint density at radius 1 is 1.75 bits per heavy atom. The van der Waals surface area contributed by atoms with Gasteiger partial charge in [0.15, 0.2) is 0 Å². The van der Waals surface area contributed by atoms with E-state index in [9.17, 15) is 7.48 Å². The van der Waals surface area contributed by atoms with E-state index >= 15 is 0 Å². The monoisotopic (exact) mass is 246 g/mol. The zero-order valence-electron chi connectivity index (χ0n) is 4.62. The van der Waals surface area contributed by atoms with Gasteiger partial charge >= 0.3 is 54.8 Å². The molecule has 0 spiro atoms. The van der Waals surface area contributed by atoms with Gasteiger partial charge in [0.25, 0.3) is 0 Å². The molecule has 0 aromatic carbocycles. The van der Waals surface area contributed by atoms with Gasteiger partial charge < -0.3 is 0 Å². The van der Waals surface area contributed by atoms with Crippen LogP contribution in [0.25, 0.3) is 0 Å². The first-order valence-electron chi connectivity index (χ1n) is 1.92. The second-order valence-electron chi connectivity index (χ2n) is 1.39. The normalized spacial score (nSPS) is 21.9. The van der Waals surface area contributed by atoms with Gasteiger partial charge in [-0.15, -0.1) is 0 Å². The van der Waals surface area contributed by atoms with Gasteiger partial charge in [-0.2, -0.15) is 0 Å². The van der Waals surface area contributed by atoms with E-state index in [1.165, 1.54) is 5.71 Å². The van der Waals surface area contributed by atoms with Crippen LogP contribution in [0.2, 0.25) is 11.4 Å². The van der Waals surface area contributed by atoms with Crippen LogP contribution in [0.3, 0.4) is 0 Å². The quantitative estimate of drug-likeness (QED) is 0.652. The third-order valence-corrected chi connectivity index (χ3v) is 8.04. The Kier molecular flexibility index (Phi) is 3.21. The molecule has 0 aromatic rings. The van der Waals surface area contributed by atoms with Crippen molar-refractivity contribution < 1.29 is 14.3 Å². The summed E-state index contributed by atoms with van der Waals surface area (Å²) in [5.74, 6) is 0. The number of rotatable bonds is 2. The van der Waals surface area contributed by atoms with E-state index in [4.69, 9.17) is 4.10 Å². The van der Waals surface area contributed by atoms with Gasteiger partial charge in [-0.25, -0.2) is 0 Å². The van der Waals surface area contributed by atoms with Crippen molar-refractivity contribution in [1.29, 1.82) is 0 Å². The molecule has 0 saturated heterocycles. The van der Waals surface area contributed by atoms with Crippen LogP contribution in [0, 0.1) is 0 Å². The van der Waals surface area contributed by atoms with Crippen LogP contribution in [-0.4, -0.2) is 33.2 Å². The Labute approximate surface area is 55.1 Å². The molecule has 50 valence electrons. The summed E-state index contributed by atoms with van der Waals surface area (Å²) >= 11 is -6.76. The van der Waals surface area contributed by atoms with E-state index in [1.807, 2.05) is 0 Å². The van der Waals surface area contributed by atoms with E-state index in [2.05, 4.69) is 2.72 Å².